The summed E-state index contributed by atoms with van der Waals surface area (Å²) in [5, 5.41) is 9.49. The van der Waals surface area contributed by atoms with Crippen LogP contribution < -0.4 is 0 Å². The van der Waals surface area contributed by atoms with Gasteiger partial charge in [0.05, 0.1) is 12.2 Å². The van der Waals surface area contributed by atoms with Crippen LogP contribution in [0.15, 0.2) is 12.2 Å². The lowest BCUT2D eigenvalue weighted by atomic mass is 10.0. The lowest BCUT2D eigenvalue weighted by molar-refractivity contribution is -0.0127. The Labute approximate surface area is 68.9 Å². The zero-order chi connectivity index (χ0) is 8.85. The average Bonchev–Trinajstić information content (AvgIpc) is 1.88. The Morgan fingerprint density at radius 3 is 2.45 bits per heavy atom. The summed E-state index contributed by atoms with van der Waals surface area (Å²) in [6.07, 6.45) is 1.02. The van der Waals surface area contributed by atoms with Crippen LogP contribution in [0.1, 0.15) is 26.7 Å². The molecule has 0 saturated carbocycles. The van der Waals surface area contributed by atoms with Crippen LogP contribution in [0.5, 0.6) is 0 Å². The van der Waals surface area contributed by atoms with Gasteiger partial charge in [0.25, 0.3) is 0 Å². The summed E-state index contributed by atoms with van der Waals surface area (Å²) in [6, 6.07) is 0. The predicted octanol–water partition coefficient (Wildman–Crippen LogP) is 1.74. The van der Waals surface area contributed by atoms with Gasteiger partial charge in [-0.2, -0.15) is 0 Å². The molecule has 0 fully saturated rings. The van der Waals surface area contributed by atoms with Crippen molar-refractivity contribution in [1.29, 1.82) is 0 Å². The van der Waals surface area contributed by atoms with Crippen molar-refractivity contribution in [3.8, 4) is 0 Å². The van der Waals surface area contributed by atoms with E-state index in [1.807, 2.05) is 13.8 Å². The molecule has 0 aromatic heterocycles. The minimum Gasteiger partial charge on any atom is -0.390 e. The number of hydrogen-bond acceptors (Lipinski definition) is 2. The molecule has 0 aliphatic heterocycles. The van der Waals surface area contributed by atoms with Crippen molar-refractivity contribution < 1.29 is 9.84 Å². The zero-order valence-corrected chi connectivity index (χ0v) is 7.63. The van der Waals surface area contributed by atoms with Gasteiger partial charge in [0.2, 0.25) is 0 Å². The first-order chi connectivity index (χ1) is 5.11. The molecule has 66 valence electrons. The maximum Gasteiger partial charge on any atom is 0.0838 e. The summed E-state index contributed by atoms with van der Waals surface area (Å²) in [7, 11) is 1.62. The molecule has 0 aliphatic carbocycles. The first kappa shape index (κ1) is 10.7. The van der Waals surface area contributed by atoms with E-state index in [0.29, 0.717) is 6.42 Å². The predicted molar refractivity (Wildman–Crippen MR) is 46.5 cm³/mol. The molecule has 0 heterocycles. The van der Waals surface area contributed by atoms with E-state index in [-0.39, 0.29) is 6.10 Å². The van der Waals surface area contributed by atoms with Gasteiger partial charge in [-0.1, -0.05) is 12.5 Å². The quantitative estimate of drug-likeness (QED) is 0.617. The van der Waals surface area contributed by atoms with Crippen molar-refractivity contribution in [2.45, 2.75) is 38.9 Å². The third-order valence-electron chi connectivity index (χ3n) is 1.69. The van der Waals surface area contributed by atoms with Gasteiger partial charge in [-0.15, -0.1) is 6.58 Å². The Bertz CT molecular complexity index is 117. The summed E-state index contributed by atoms with van der Waals surface area (Å²) in [4.78, 5) is 0. The molecule has 0 amide bonds. The Balaban J connectivity index is 3.78. The number of hydrogen-bond donors (Lipinski definition) is 1. The largest absolute Gasteiger partial charge is 0.390 e. The second-order valence-electron chi connectivity index (χ2n) is 2.91. The molecule has 0 rings (SSSR count). The standard InChI is InChI=1S/C9H18O2/c1-5-9(11-4)8(10)6-7(2)3/h8-10H,2,5-6H2,1,3-4H3. The molecule has 0 radical (unpaired) electrons. The van der Waals surface area contributed by atoms with Crippen LogP contribution in [0, 0.1) is 0 Å². The van der Waals surface area contributed by atoms with Crippen molar-refractivity contribution in [3.63, 3.8) is 0 Å². The highest BCUT2D eigenvalue weighted by Crippen LogP contribution is 2.10. The zero-order valence-electron chi connectivity index (χ0n) is 7.63. The number of methoxy groups -OCH3 is 1. The molecule has 0 aromatic rings. The minimum absolute atomic E-state index is 0.0494. The molecule has 2 nitrogen and oxygen atoms in total. The Hall–Kier alpha value is -0.340. The van der Waals surface area contributed by atoms with Gasteiger partial charge >= 0.3 is 0 Å². The highest BCUT2D eigenvalue weighted by Gasteiger charge is 2.15. The maximum atomic E-state index is 9.49. The highest BCUT2D eigenvalue weighted by atomic mass is 16.5. The monoisotopic (exact) mass is 158 g/mol. The SMILES string of the molecule is C=C(C)CC(O)C(CC)OC. The fraction of sp³-hybridized carbons (Fsp3) is 0.778. The van der Waals surface area contributed by atoms with Crippen LogP contribution in [-0.4, -0.2) is 24.4 Å². The van der Waals surface area contributed by atoms with Crippen molar-refractivity contribution in [1.82, 2.24) is 0 Å². The molecule has 0 aliphatic rings. The minimum atomic E-state index is -0.400. The van der Waals surface area contributed by atoms with Gasteiger partial charge < -0.3 is 9.84 Å². The second-order valence-corrected chi connectivity index (χ2v) is 2.91. The molecule has 0 aromatic carbocycles. The molecule has 2 unspecified atom stereocenters. The van der Waals surface area contributed by atoms with E-state index in [1.54, 1.807) is 7.11 Å². The Morgan fingerprint density at radius 1 is 1.64 bits per heavy atom. The van der Waals surface area contributed by atoms with E-state index in [4.69, 9.17) is 4.74 Å². The van der Waals surface area contributed by atoms with Gasteiger partial charge in [0, 0.05) is 7.11 Å². The average molecular weight is 158 g/mol. The van der Waals surface area contributed by atoms with E-state index in [0.717, 1.165) is 12.0 Å². The van der Waals surface area contributed by atoms with Crippen molar-refractivity contribution in [2.24, 2.45) is 0 Å². The van der Waals surface area contributed by atoms with Crippen LogP contribution in [0.2, 0.25) is 0 Å². The molecule has 0 spiro atoms. The smallest absolute Gasteiger partial charge is 0.0838 e. The molecular formula is C9H18O2. The van der Waals surface area contributed by atoms with Crippen molar-refractivity contribution >= 4 is 0 Å². The van der Waals surface area contributed by atoms with Gasteiger partial charge in [-0.25, -0.2) is 0 Å². The summed E-state index contributed by atoms with van der Waals surface area (Å²) in [6.45, 7) is 7.63. The fourth-order valence-corrected chi connectivity index (χ4v) is 1.08. The van der Waals surface area contributed by atoms with Gasteiger partial charge in [0.15, 0.2) is 0 Å². The normalized spacial score (nSPS) is 16.0. The Kier molecular flexibility index (Phi) is 5.16. The topological polar surface area (TPSA) is 29.5 Å². The summed E-state index contributed by atoms with van der Waals surface area (Å²) in [5.74, 6) is 0. The highest BCUT2D eigenvalue weighted by molar-refractivity contribution is 4.92. The van der Waals surface area contributed by atoms with Gasteiger partial charge in [-0.3, -0.25) is 0 Å². The number of aliphatic hydroxyl groups excluding tert-OH is 1. The molecular weight excluding hydrogens is 140 g/mol. The summed E-state index contributed by atoms with van der Waals surface area (Å²) in [5.41, 5.74) is 0.994. The molecule has 0 bridgehead atoms. The van der Waals surface area contributed by atoms with E-state index < -0.39 is 6.10 Å². The first-order valence-corrected chi connectivity index (χ1v) is 3.97. The van der Waals surface area contributed by atoms with Crippen LogP contribution in [0.25, 0.3) is 0 Å². The van der Waals surface area contributed by atoms with Crippen LogP contribution in [0.3, 0.4) is 0 Å². The molecule has 2 atom stereocenters. The third-order valence-corrected chi connectivity index (χ3v) is 1.69. The van der Waals surface area contributed by atoms with E-state index in [1.165, 1.54) is 0 Å². The van der Waals surface area contributed by atoms with Crippen LogP contribution in [0.4, 0.5) is 0 Å². The Morgan fingerprint density at radius 2 is 2.18 bits per heavy atom. The number of aliphatic hydroxyl groups is 1. The van der Waals surface area contributed by atoms with Crippen molar-refractivity contribution in [2.75, 3.05) is 7.11 Å². The molecule has 1 N–H and O–H groups in total. The molecule has 0 saturated heterocycles. The number of rotatable bonds is 5. The third kappa shape index (κ3) is 4.17. The van der Waals surface area contributed by atoms with Crippen molar-refractivity contribution in [3.05, 3.63) is 12.2 Å². The first-order valence-electron chi connectivity index (χ1n) is 3.97. The maximum absolute atomic E-state index is 9.49. The van der Waals surface area contributed by atoms with E-state index in [9.17, 15) is 5.11 Å². The van der Waals surface area contributed by atoms with E-state index in [2.05, 4.69) is 6.58 Å². The van der Waals surface area contributed by atoms with Gasteiger partial charge in [0.1, 0.15) is 0 Å². The number of ether oxygens (including phenoxy) is 1. The van der Waals surface area contributed by atoms with Gasteiger partial charge in [-0.05, 0) is 19.8 Å². The van der Waals surface area contributed by atoms with E-state index >= 15 is 0 Å². The molecule has 11 heavy (non-hydrogen) atoms. The van der Waals surface area contributed by atoms with Crippen LogP contribution >= 0.6 is 0 Å². The lowest BCUT2D eigenvalue weighted by Gasteiger charge is -2.19. The second kappa shape index (κ2) is 5.33. The van der Waals surface area contributed by atoms with Crippen LogP contribution in [-0.2, 0) is 4.74 Å². The lowest BCUT2D eigenvalue weighted by Crippen LogP contribution is -2.27. The molecule has 2 heteroatoms. The summed E-state index contributed by atoms with van der Waals surface area (Å²) < 4.78 is 5.07. The fourth-order valence-electron chi connectivity index (χ4n) is 1.08. The summed E-state index contributed by atoms with van der Waals surface area (Å²) >= 11 is 0.